The van der Waals surface area contributed by atoms with Crippen LogP contribution in [0, 0.1) is 5.92 Å². The molecule has 0 radical (unpaired) electrons. The van der Waals surface area contributed by atoms with E-state index in [0.717, 1.165) is 0 Å². The molecule has 0 spiro atoms. The molecule has 0 heterocycles. The standard InChI is InChI=1S/C12H22O2Si/c1-12(2,3)15(4,5)14-9-10-6-7-11(13)8-10/h6-7,10H,8-9H2,1-5H3. The maximum absolute atomic E-state index is 11.0. The Kier molecular flexibility index (Phi) is 3.56. The van der Waals surface area contributed by atoms with Crippen LogP contribution in [0.3, 0.4) is 0 Å². The van der Waals surface area contributed by atoms with Gasteiger partial charge in [0.25, 0.3) is 0 Å². The fourth-order valence-corrected chi connectivity index (χ4v) is 2.35. The lowest BCUT2D eigenvalue weighted by molar-refractivity contribution is -0.114. The van der Waals surface area contributed by atoms with E-state index in [-0.39, 0.29) is 10.8 Å². The van der Waals surface area contributed by atoms with Gasteiger partial charge in [0.2, 0.25) is 0 Å². The van der Waals surface area contributed by atoms with E-state index in [4.69, 9.17) is 4.43 Å². The summed E-state index contributed by atoms with van der Waals surface area (Å²) in [5, 5.41) is 0.249. The molecule has 0 aliphatic heterocycles. The van der Waals surface area contributed by atoms with Crippen LogP contribution in [-0.4, -0.2) is 20.7 Å². The SMILES string of the molecule is CC(C)(C)[Si](C)(C)OCC1C=CC(=O)C1. The van der Waals surface area contributed by atoms with Crippen LogP contribution in [0.25, 0.3) is 0 Å². The van der Waals surface area contributed by atoms with Crippen molar-refractivity contribution >= 4 is 14.1 Å². The second-order valence-corrected chi connectivity index (χ2v) is 10.7. The Hall–Kier alpha value is -0.413. The number of allylic oxidation sites excluding steroid dienone is 1. The van der Waals surface area contributed by atoms with E-state index >= 15 is 0 Å². The molecule has 0 bridgehead atoms. The normalized spacial score (nSPS) is 22.5. The molecule has 0 amide bonds. The Bertz CT molecular complexity index is 274. The fraction of sp³-hybridized carbons (Fsp3) is 0.750. The molecule has 0 saturated heterocycles. The maximum atomic E-state index is 11.0. The van der Waals surface area contributed by atoms with Gasteiger partial charge in [-0.15, -0.1) is 0 Å². The number of hydrogen-bond acceptors (Lipinski definition) is 2. The van der Waals surface area contributed by atoms with Crippen molar-refractivity contribution in [2.45, 2.75) is 45.3 Å². The summed E-state index contributed by atoms with van der Waals surface area (Å²) in [6, 6.07) is 0. The first-order valence-electron chi connectivity index (χ1n) is 5.57. The third kappa shape index (κ3) is 3.28. The molecule has 0 aromatic rings. The van der Waals surface area contributed by atoms with Crippen molar-refractivity contribution in [3.8, 4) is 0 Å². The summed E-state index contributed by atoms with van der Waals surface area (Å²) in [6.07, 6.45) is 4.30. The van der Waals surface area contributed by atoms with Gasteiger partial charge in [-0.05, 0) is 24.2 Å². The van der Waals surface area contributed by atoms with Gasteiger partial charge >= 0.3 is 0 Å². The molecule has 0 fully saturated rings. The van der Waals surface area contributed by atoms with Gasteiger partial charge in [-0.25, -0.2) is 0 Å². The molecule has 15 heavy (non-hydrogen) atoms. The van der Waals surface area contributed by atoms with Crippen LogP contribution >= 0.6 is 0 Å². The van der Waals surface area contributed by atoms with Crippen molar-refractivity contribution in [2.24, 2.45) is 5.92 Å². The third-order valence-electron chi connectivity index (χ3n) is 3.48. The average molecular weight is 226 g/mol. The number of carbonyl (C=O) groups is 1. The summed E-state index contributed by atoms with van der Waals surface area (Å²) < 4.78 is 6.06. The van der Waals surface area contributed by atoms with Crippen LogP contribution < -0.4 is 0 Å². The summed E-state index contributed by atoms with van der Waals surface area (Å²) >= 11 is 0. The topological polar surface area (TPSA) is 26.3 Å². The number of ketones is 1. The van der Waals surface area contributed by atoms with E-state index in [1.165, 1.54) is 0 Å². The zero-order valence-corrected chi connectivity index (χ0v) is 11.5. The smallest absolute Gasteiger partial charge is 0.192 e. The number of carbonyl (C=O) groups excluding carboxylic acids is 1. The molecule has 0 aromatic carbocycles. The second kappa shape index (κ2) is 4.22. The minimum absolute atomic E-state index is 0.235. The predicted octanol–water partition coefficient (Wildman–Crippen LogP) is 3.15. The molecular formula is C12H22O2Si. The van der Waals surface area contributed by atoms with Crippen LogP contribution in [-0.2, 0) is 9.22 Å². The highest BCUT2D eigenvalue weighted by atomic mass is 28.4. The molecule has 3 heteroatoms. The van der Waals surface area contributed by atoms with Crippen LogP contribution in [0.1, 0.15) is 27.2 Å². The van der Waals surface area contributed by atoms with Crippen LogP contribution in [0.4, 0.5) is 0 Å². The van der Waals surface area contributed by atoms with E-state index in [1.54, 1.807) is 6.08 Å². The summed E-state index contributed by atoms with van der Waals surface area (Å²) in [6.45, 7) is 11.9. The number of hydrogen-bond donors (Lipinski definition) is 0. The lowest BCUT2D eigenvalue weighted by Gasteiger charge is -2.36. The van der Waals surface area contributed by atoms with Gasteiger partial charge in [0.15, 0.2) is 14.1 Å². The Labute approximate surface area is 93.8 Å². The van der Waals surface area contributed by atoms with Gasteiger partial charge in [0.1, 0.15) is 0 Å². The molecule has 1 atom stereocenters. The van der Waals surface area contributed by atoms with E-state index < -0.39 is 8.32 Å². The van der Waals surface area contributed by atoms with E-state index in [9.17, 15) is 4.79 Å². The van der Waals surface area contributed by atoms with Crippen molar-refractivity contribution in [1.82, 2.24) is 0 Å². The van der Waals surface area contributed by atoms with E-state index in [1.807, 2.05) is 6.08 Å². The van der Waals surface area contributed by atoms with Crippen LogP contribution in [0.5, 0.6) is 0 Å². The molecule has 0 saturated carbocycles. The van der Waals surface area contributed by atoms with E-state index in [2.05, 4.69) is 33.9 Å². The molecule has 0 N–H and O–H groups in total. The quantitative estimate of drug-likeness (QED) is 0.691. The van der Waals surface area contributed by atoms with Crippen molar-refractivity contribution in [3.63, 3.8) is 0 Å². The fourth-order valence-electron chi connectivity index (χ4n) is 1.28. The van der Waals surface area contributed by atoms with Crippen molar-refractivity contribution < 1.29 is 9.22 Å². The second-order valence-electron chi connectivity index (χ2n) is 5.86. The molecule has 2 nitrogen and oxygen atoms in total. The third-order valence-corrected chi connectivity index (χ3v) is 7.98. The zero-order valence-electron chi connectivity index (χ0n) is 10.5. The Morgan fingerprint density at radius 3 is 2.47 bits per heavy atom. The Morgan fingerprint density at radius 2 is 2.07 bits per heavy atom. The van der Waals surface area contributed by atoms with Gasteiger partial charge in [0.05, 0.1) is 0 Å². The van der Waals surface area contributed by atoms with Gasteiger partial charge in [-0.3, -0.25) is 4.79 Å². The summed E-state index contributed by atoms with van der Waals surface area (Å²) in [4.78, 5) is 11.0. The summed E-state index contributed by atoms with van der Waals surface area (Å²) in [5.74, 6) is 0.547. The largest absolute Gasteiger partial charge is 0.416 e. The van der Waals surface area contributed by atoms with Crippen molar-refractivity contribution in [3.05, 3.63) is 12.2 Å². The van der Waals surface area contributed by atoms with Crippen molar-refractivity contribution in [1.29, 1.82) is 0 Å². The van der Waals surface area contributed by atoms with Gasteiger partial charge in [-0.2, -0.15) is 0 Å². The Balaban J connectivity index is 2.44. The minimum Gasteiger partial charge on any atom is -0.416 e. The first-order chi connectivity index (χ1) is 6.72. The molecular weight excluding hydrogens is 204 g/mol. The molecule has 0 aromatic heterocycles. The highest BCUT2D eigenvalue weighted by Gasteiger charge is 2.37. The molecule has 1 unspecified atom stereocenters. The molecule has 1 aliphatic rings. The maximum Gasteiger partial charge on any atom is 0.192 e. The molecule has 1 aliphatic carbocycles. The average Bonchev–Trinajstić information content (AvgIpc) is 2.46. The first-order valence-corrected chi connectivity index (χ1v) is 8.48. The predicted molar refractivity (Wildman–Crippen MR) is 65.4 cm³/mol. The lowest BCUT2D eigenvalue weighted by Crippen LogP contribution is -2.41. The monoisotopic (exact) mass is 226 g/mol. The zero-order chi connectivity index (χ0) is 11.7. The first kappa shape index (κ1) is 12.7. The van der Waals surface area contributed by atoms with Gasteiger partial charge in [-0.1, -0.05) is 26.8 Å². The number of rotatable bonds is 3. The van der Waals surface area contributed by atoms with Gasteiger partial charge in [0, 0.05) is 18.9 Å². The molecule has 1 rings (SSSR count). The van der Waals surface area contributed by atoms with Crippen LogP contribution in [0.15, 0.2) is 12.2 Å². The lowest BCUT2D eigenvalue weighted by atomic mass is 10.1. The molecule has 86 valence electrons. The van der Waals surface area contributed by atoms with E-state index in [0.29, 0.717) is 18.9 Å². The summed E-state index contributed by atoms with van der Waals surface area (Å²) in [5.41, 5.74) is 0. The van der Waals surface area contributed by atoms with Crippen molar-refractivity contribution in [2.75, 3.05) is 6.61 Å². The van der Waals surface area contributed by atoms with Crippen LogP contribution in [0.2, 0.25) is 18.1 Å². The highest BCUT2D eigenvalue weighted by molar-refractivity contribution is 6.74. The Morgan fingerprint density at radius 1 is 1.47 bits per heavy atom. The summed E-state index contributed by atoms with van der Waals surface area (Å²) in [7, 11) is -1.64. The minimum atomic E-state index is -1.64. The highest BCUT2D eigenvalue weighted by Crippen LogP contribution is 2.37. The van der Waals surface area contributed by atoms with Gasteiger partial charge < -0.3 is 4.43 Å².